The molecule has 0 N–H and O–H groups in total. The van der Waals surface area contributed by atoms with Gasteiger partial charge in [-0.1, -0.05) is 24.0 Å². The second-order valence-corrected chi connectivity index (χ2v) is 2.58. The van der Waals surface area contributed by atoms with E-state index in [-0.39, 0.29) is 5.25 Å². The van der Waals surface area contributed by atoms with Crippen molar-refractivity contribution in [1.82, 2.24) is 0 Å². The second kappa shape index (κ2) is 4.10. The van der Waals surface area contributed by atoms with E-state index in [0.717, 1.165) is 0 Å². The number of nitriles is 1. The number of nitrogens with zero attached hydrogens (tertiary/aromatic N) is 1. The Hall–Kier alpha value is -0.0700. The van der Waals surface area contributed by atoms with Gasteiger partial charge >= 0.3 is 0 Å². The highest BCUT2D eigenvalue weighted by Gasteiger charge is 1.92. The van der Waals surface area contributed by atoms with E-state index in [1.165, 1.54) is 11.8 Å². The molecule has 0 saturated heterocycles. The van der Waals surface area contributed by atoms with Crippen LogP contribution in [0.15, 0.2) is 0 Å². The molecule has 1 unspecified atom stereocenters. The van der Waals surface area contributed by atoms with Crippen molar-refractivity contribution in [3.05, 3.63) is 0 Å². The lowest BCUT2D eigenvalue weighted by Gasteiger charge is -1.87. The quantitative estimate of drug-likeness (QED) is 0.529. The molecule has 0 heterocycles. The van der Waals surface area contributed by atoms with Crippen molar-refractivity contribution in [2.45, 2.75) is 12.2 Å². The van der Waals surface area contributed by atoms with Gasteiger partial charge in [-0.05, 0) is 6.92 Å². The first-order chi connectivity index (χ1) is 3.31. The lowest BCUT2D eigenvalue weighted by Crippen LogP contribution is -1.86. The predicted octanol–water partition coefficient (Wildman–Crippen LogP) is 1.47. The van der Waals surface area contributed by atoms with E-state index in [0.29, 0.717) is 0 Å². The van der Waals surface area contributed by atoms with Crippen LogP contribution in [0, 0.1) is 11.3 Å². The van der Waals surface area contributed by atoms with Crippen LogP contribution < -0.4 is 0 Å². The molecule has 0 aromatic carbocycles. The van der Waals surface area contributed by atoms with Gasteiger partial charge in [-0.25, -0.2) is 0 Å². The van der Waals surface area contributed by atoms with E-state index in [1.807, 2.05) is 6.07 Å². The molecule has 0 aliphatic carbocycles. The number of hydrogen-bond donors (Lipinski definition) is 0. The minimum atomic E-state index is -0.0440. The highest BCUT2D eigenvalue weighted by atomic mass is 32.2. The molecule has 0 aliphatic heterocycles. The SMILES string of the molecule is CC(C#N)S[C]=S. The van der Waals surface area contributed by atoms with Crippen LogP contribution in [0.5, 0.6) is 0 Å². The first-order valence-corrected chi connectivity index (χ1v) is 3.02. The Balaban J connectivity index is 3.21. The van der Waals surface area contributed by atoms with Crippen molar-refractivity contribution in [1.29, 1.82) is 5.26 Å². The van der Waals surface area contributed by atoms with Gasteiger partial charge in [0, 0.05) is 0 Å². The topological polar surface area (TPSA) is 23.8 Å². The predicted molar refractivity (Wildman–Crippen MR) is 35.3 cm³/mol. The highest BCUT2D eigenvalue weighted by Crippen LogP contribution is 2.03. The Kier molecular flexibility index (Phi) is 4.06. The van der Waals surface area contributed by atoms with Crippen LogP contribution in [0.25, 0.3) is 0 Å². The van der Waals surface area contributed by atoms with Gasteiger partial charge in [0.2, 0.25) is 0 Å². The maximum atomic E-state index is 8.11. The summed E-state index contributed by atoms with van der Waals surface area (Å²) in [7, 11) is 0. The van der Waals surface area contributed by atoms with Crippen LogP contribution in [0.2, 0.25) is 0 Å². The first-order valence-electron chi connectivity index (χ1n) is 1.73. The molecule has 0 aromatic rings. The summed E-state index contributed by atoms with van der Waals surface area (Å²) in [5.74, 6) is 0. The van der Waals surface area contributed by atoms with E-state index < -0.39 is 0 Å². The molecule has 0 rings (SSSR count). The zero-order valence-corrected chi connectivity index (χ0v) is 5.47. The minimum absolute atomic E-state index is 0.0440. The van der Waals surface area contributed by atoms with Crippen molar-refractivity contribution in [3.63, 3.8) is 0 Å². The molecule has 0 aromatic heterocycles. The maximum Gasteiger partial charge on any atom is 0.0964 e. The van der Waals surface area contributed by atoms with E-state index in [9.17, 15) is 0 Å². The normalized spacial score (nSPS) is 12.0. The summed E-state index contributed by atoms with van der Waals surface area (Å²) in [6.07, 6.45) is 0. The molecule has 0 spiro atoms. The van der Waals surface area contributed by atoms with Gasteiger partial charge in [0.1, 0.15) is 0 Å². The average Bonchev–Trinajstić information content (AvgIpc) is 1.68. The van der Waals surface area contributed by atoms with Crippen molar-refractivity contribution in [3.8, 4) is 6.07 Å². The molecule has 1 nitrogen and oxygen atoms in total. The number of thiocarbonyl (C=S) groups is 1. The Morgan fingerprint density at radius 1 is 1.86 bits per heavy atom. The molecule has 0 bridgehead atoms. The Bertz CT molecular complexity index is 94.4. The molecular formula is C4H4NS2. The summed E-state index contributed by atoms with van der Waals surface area (Å²) in [5.41, 5.74) is 0. The summed E-state index contributed by atoms with van der Waals surface area (Å²) in [5, 5.41) is 8.06. The Morgan fingerprint density at radius 3 is 2.57 bits per heavy atom. The maximum absolute atomic E-state index is 8.11. The van der Waals surface area contributed by atoms with Crippen LogP contribution in [-0.4, -0.2) is 9.95 Å². The molecule has 0 saturated carbocycles. The van der Waals surface area contributed by atoms with Crippen molar-refractivity contribution in [2.75, 3.05) is 0 Å². The van der Waals surface area contributed by atoms with Crippen LogP contribution >= 0.6 is 24.0 Å². The Morgan fingerprint density at radius 2 is 2.43 bits per heavy atom. The standard InChI is InChI=1S/C4H4NS2/c1-4(2-5)7-3-6/h4H,1H3. The summed E-state index contributed by atoms with van der Waals surface area (Å²) in [4.78, 5) is 0. The largest absolute Gasteiger partial charge is 0.197 e. The van der Waals surface area contributed by atoms with Gasteiger partial charge in [0.05, 0.1) is 16.0 Å². The number of hydrogen-bond acceptors (Lipinski definition) is 3. The fourth-order valence-corrected chi connectivity index (χ4v) is 0.729. The average molecular weight is 130 g/mol. The van der Waals surface area contributed by atoms with Gasteiger partial charge in [0.25, 0.3) is 0 Å². The van der Waals surface area contributed by atoms with Crippen molar-refractivity contribution >= 4 is 28.7 Å². The summed E-state index contributed by atoms with van der Waals surface area (Å²) in [6.45, 7) is 1.78. The summed E-state index contributed by atoms with van der Waals surface area (Å²) in [6, 6.07) is 2.00. The number of thioether (sulfide) groups is 1. The van der Waals surface area contributed by atoms with E-state index in [2.05, 4.69) is 16.9 Å². The van der Waals surface area contributed by atoms with E-state index in [1.54, 1.807) is 6.92 Å². The van der Waals surface area contributed by atoms with Gasteiger partial charge < -0.3 is 0 Å². The van der Waals surface area contributed by atoms with Crippen LogP contribution in [0.3, 0.4) is 0 Å². The van der Waals surface area contributed by atoms with Crippen LogP contribution in [0.1, 0.15) is 6.92 Å². The molecule has 0 aliphatic rings. The minimum Gasteiger partial charge on any atom is -0.197 e. The molecule has 1 atom stereocenters. The third kappa shape index (κ3) is 3.77. The zero-order chi connectivity index (χ0) is 5.70. The Labute approximate surface area is 52.7 Å². The third-order valence-electron chi connectivity index (χ3n) is 0.407. The van der Waals surface area contributed by atoms with Crippen LogP contribution in [0.4, 0.5) is 0 Å². The summed E-state index contributed by atoms with van der Waals surface area (Å²) < 4.78 is 2.40. The lowest BCUT2D eigenvalue weighted by molar-refractivity contribution is 1.25. The molecule has 7 heavy (non-hydrogen) atoms. The summed E-state index contributed by atoms with van der Waals surface area (Å²) >= 11 is 5.59. The highest BCUT2D eigenvalue weighted by molar-refractivity contribution is 8.21. The second-order valence-electron chi connectivity index (χ2n) is 0.973. The first kappa shape index (κ1) is 6.93. The van der Waals surface area contributed by atoms with Gasteiger partial charge in [-0.2, -0.15) is 5.26 Å². The molecule has 1 radical (unpaired) electrons. The van der Waals surface area contributed by atoms with Crippen molar-refractivity contribution in [2.24, 2.45) is 0 Å². The molecule has 0 amide bonds. The fraction of sp³-hybridized carbons (Fsp3) is 0.500. The zero-order valence-electron chi connectivity index (χ0n) is 3.84. The molecule has 0 fully saturated rings. The molecule has 37 valence electrons. The third-order valence-corrected chi connectivity index (χ3v) is 1.25. The monoisotopic (exact) mass is 130 g/mol. The van der Waals surface area contributed by atoms with Gasteiger partial charge in [0.15, 0.2) is 0 Å². The van der Waals surface area contributed by atoms with E-state index >= 15 is 0 Å². The van der Waals surface area contributed by atoms with E-state index in [4.69, 9.17) is 5.26 Å². The van der Waals surface area contributed by atoms with Gasteiger partial charge in [-0.15, -0.1) is 0 Å². The molecule has 3 heteroatoms. The smallest absolute Gasteiger partial charge is 0.0964 e. The van der Waals surface area contributed by atoms with Crippen molar-refractivity contribution < 1.29 is 0 Å². The fourth-order valence-electron chi connectivity index (χ4n) is 0.0985. The van der Waals surface area contributed by atoms with Crippen LogP contribution in [-0.2, 0) is 0 Å². The number of rotatable bonds is 2. The van der Waals surface area contributed by atoms with Gasteiger partial charge in [-0.3, -0.25) is 0 Å². The molecular weight excluding hydrogens is 126 g/mol. The lowest BCUT2D eigenvalue weighted by atomic mass is 10.5.